The van der Waals surface area contributed by atoms with Gasteiger partial charge in [-0.2, -0.15) is 5.10 Å². The molecule has 0 bridgehead atoms. The molecule has 184 valence electrons. The minimum atomic E-state index is -3.89. The van der Waals surface area contributed by atoms with Crippen LogP contribution in [-0.4, -0.2) is 38.7 Å². The van der Waals surface area contributed by atoms with Crippen LogP contribution in [0.2, 0.25) is 0 Å². The number of rotatable bonds is 9. The van der Waals surface area contributed by atoms with Crippen molar-refractivity contribution < 1.29 is 18.3 Å². The molecule has 3 rings (SSSR count). The fourth-order valence-corrected chi connectivity index (χ4v) is 4.76. The number of benzene rings is 3. The Kier molecular flexibility index (Phi) is 8.14. The van der Waals surface area contributed by atoms with Crippen molar-refractivity contribution in [1.29, 1.82) is 0 Å². The van der Waals surface area contributed by atoms with Crippen molar-refractivity contribution in [3.05, 3.63) is 82.9 Å². The number of hydrogen-bond donors (Lipinski definition) is 3. The fourth-order valence-electron chi connectivity index (χ4n) is 3.59. The molecule has 0 aliphatic heterocycles. The highest BCUT2D eigenvalue weighted by atomic mass is 32.2. The third kappa shape index (κ3) is 6.39. The Labute approximate surface area is 206 Å². The molecule has 3 N–H and O–H groups in total. The van der Waals surface area contributed by atoms with Gasteiger partial charge in [0.25, 0.3) is 15.9 Å². The van der Waals surface area contributed by atoms with Gasteiger partial charge in [-0.1, -0.05) is 23.8 Å². The maximum atomic E-state index is 12.9. The van der Waals surface area contributed by atoms with Crippen molar-refractivity contribution in [3.63, 3.8) is 0 Å². The van der Waals surface area contributed by atoms with E-state index in [1.807, 2.05) is 45.9 Å². The lowest BCUT2D eigenvalue weighted by Gasteiger charge is -2.21. The summed E-state index contributed by atoms with van der Waals surface area (Å²) in [5, 5.41) is 14.2. The number of hydrazone groups is 1. The lowest BCUT2D eigenvalue weighted by Crippen LogP contribution is -2.21. The second-order valence-electron chi connectivity index (χ2n) is 8.07. The van der Waals surface area contributed by atoms with E-state index in [4.69, 9.17) is 0 Å². The van der Waals surface area contributed by atoms with E-state index in [0.29, 0.717) is 11.3 Å². The van der Waals surface area contributed by atoms with E-state index in [1.165, 1.54) is 30.5 Å². The standard InChI is InChI=1S/C26H30N4O4S/c1-5-30(6-2)22-12-11-21(25(31)16-22)17-27-28-26(32)20-8-7-9-23(15-20)35(33,34)29-24-13-10-18(3)14-19(24)4/h7-17,29,31H,5-6H2,1-4H3,(H,28,32). The molecule has 35 heavy (non-hydrogen) atoms. The topological polar surface area (TPSA) is 111 Å². The van der Waals surface area contributed by atoms with E-state index in [2.05, 4.69) is 20.1 Å². The molecule has 1 amide bonds. The monoisotopic (exact) mass is 494 g/mol. The van der Waals surface area contributed by atoms with Crippen LogP contribution >= 0.6 is 0 Å². The predicted molar refractivity (Wildman–Crippen MR) is 140 cm³/mol. The van der Waals surface area contributed by atoms with E-state index in [1.54, 1.807) is 18.2 Å². The van der Waals surface area contributed by atoms with Crippen LogP contribution in [0.4, 0.5) is 11.4 Å². The van der Waals surface area contributed by atoms with E-state index in [9.17, 15) is 18.3 Å². The minimum absolute atomic E-state index is 0.0398. The van der Waals surface area contributed by atoms with Gasteiger partial charge in [0.05, 0.1) is 16.8 Å². The summed E-state index contributed by atoms with van der Waals surface area (Å²) in [5.41, 5.74) is 6.13. The number of nitrogens with one attached hydrogen (secondary N) is 2. The second kappa shape index (κ2) is 11.1. The summed E-state index contributed by atoms with van der Waals surface area (Å²) in [4.78, 5) is 14.6. The summed E-state index contributed by atoms with van der Waals surface area (Å²) in [5.74, 6) is -0.540. The molecule has 0 heterocycles. The van der Waals surface area contributed by atoms with Crippen LogP contribution in [0.5, 0.6) is 5.75 Å². The number of nitrogens with zero attached hydrogens (tertiary/aromatic N) is 2. The molecule has 0 aromatic heterocycles. The minimum Gasteiger partial charge on any atom is -0.507 e. The van der Waals surface area contributed by atoms with Gasteiger partial charge in [0.2, 0.25) is 0 Å². The first-order valence-corrected chi connectivity index (χ1v) is 12.7. The summed E-state index contributed by atoms with van der Waals surface area (Å²) in [6.07, 6.45) is 1.33. The summed E-state index contributed by atoms with van der Waals surface area (Å²) in [7, 11) is -3.89. The third-order valence-electron chi connectivity index (χ3n) is 5.55. The maximum Gasteiger partial charge on any atom is 0.271 e. The first kappa shape index (κ1) is 25.8. The lowest BCUT2D eigenvalue weighted by molar-refractivity contribution is 0.0955. The average Bonchev–Trinajstić information content (AvgIpc) is 2.83. The van der Waals surface area contributed by atoms with Crippen LogP contribution in [0.15, 0.2) is 70.7 Å². The van der Waals surface area contributed by atoms with Crippen LogP contribution in [0.25, 0.3) is 0 Å². The molecule has 0 aliphatic rings. The Bertz CT molecular complexity index is 1350. The quantitative estimate of drug-likeness (QED) is 0.301. The lowest BCUT2D eigenvalue weighted by atomic mass is 10.1. The number of aryl methyl sites for hydroxylation is 2. The number of phenols is 1. The van der Waals surface area contributed by atoms with Gasteiger partial charge in [0, 0.05) is 36.0 Å². The van der Waals surface area contributed by atoms with Crippen molar-refractivity contribution in [2.45, 2.75) is 32.6 Å². The van der Waals surface area contributed by atoms with Gasteiger partial charge < -0.3 is 10.0 Å². The van der Waals surface area contributed by atoms with Crippen molar-refractivity contribution in [1.82, 2.24) is 5.43 Å². The number of carbonyl (C=O) groups excluding carboxylic acids is 1. The normalized spacial score (nSPS) is 11.4. The molecule has 8 nitrogen and oxygen atoms in total. The van der Waals surface area contributed by atoms with Gasteiger partial charge in [0.15, 0.2) is 0 Å². The first-order chi connectivity index (χ1) is 16.6. The zero-order valence-corrected chi connectivity index (χ0v) is 21.1. The molecule has 0 unspecified atom stereocenters. The molecule has 0 saturated carbocycles. The number of sulfonamides is 1. The van der Waals surface area contributed by atoms with Crippen molar-refractivity contribution in [2.24, 2.45) is 5.10 Å². The molecule has 0 saturated heterocycles. The Morgan fingerprint density at radius 3 is 2.43 bits per heavy atom. The number of aromatic hydroxyl groups is 1. The first-order valence-electron chi connectivity index (χ1n) is 11.3. The molecule has 0 fully saturated rings. The van der Waals surface area contributed by atoms with Gasteiger partial charge >= 0.3 is 0 Å². The Morgan fingerprint density at radius 2 is 1.77 bits per heavy atom. The van der Waals surface area contributed by atoms with Crippen molar-refractivity contribution in [2.75, 3.05) is 22.7 Å². The summed E-state index contributed by atoms with van der Waals surface area (Å²) < 4.78 is 28.3. The highest BCUT2D eigenvalue weighted by molar-refractivity contribution is 7.92. The molecule has 3 aromatic rings. The van der Waals surface area contributed by atoms with Gasteiger partial charge in [-0.05, 0) is 69.7 Å². The average molecular weight is 495 g/mol. The molecule has 9 heteroatoms. The number of phenolic OH excluding ortho intramolecular Hbond substituents is 1. The molecule has 0 radical (unpaired) electrons. The molecule has 3 aromatic carbocycles. The fraction of sp³-hybridized carbons (Fsp3) is 0.231. The molecular formula is C26H30N4O4S. The molecule has 0 aliphatic carbocycles. The zero-order valence-electron chi connectivity index (χ0n) is 20.2. The van der Waals surface area contributed by atoms with Crippen LogP contribution in [0, 0.1) is 13.8 Å². The van der Waals surface area contributed by atoms with Crippen molar-refractivity contribution >= 4 is 33.5 Å². The van der Waals surface area contributed by atoms with Crippen LogP contribution in [0.1, 0.15) is 40.9 Å². The SMILES string of the molecule is CCN(CC)c1ccc(C=NNC(=O)c2cccc(S(=O)(=O)Nc3ccc(C)cc3C)c2)c(O)c1. The largest absolute Gasteiger partial charge is 0.507 e. The highest BCUT2D eigenvalue weighted by Gasteiger charge is 2.17. The summed E-state index contributed by atoms with van der Waals surface area (Å²) in [6.45, 7) is 9.44. The van der Waals surface area contributed by atoms with Gasteiger partial charge in [-0.15, -0.1) is 0 Å². The number of hydrogen-bond acceptors (Lipinski definition) is 6. The maximum absolute atomic E-state index is 12.9. The smallest absolute Gasteiger partial charge is 0.271 e. The second-order valence-corrected chi connectivity index (χ2v) is 9.75. The van der Waals surface area contributed by atoms with E-state index >= 15 is 0 Å². The third-order valence-corrected chi connectivity index (χ3v) is 6.91. The van der Waals surface area contributed by atoms with Gasteiger partial charge in [0.1, 0.15) is 5.75 Å². The number of anilines is 2. The Hall–Kier alpha value is -3.85. The van der Waals surface area contributed by atoms with E-state index < -0.39 is 15.9 Å². The Balaban J connectivity index is 1.71. The van der Waals surface area contributed by atoms with Crippen LogP contribution in [-0.2, 0) is 10.0 Å². The summed E-state index contributed by atoms with van der Waals surface area (Å²) >= 11 is 0. The van der Waals surface area contributed by atoms with Gasteiger partial charge in [-0.25, -0.2) is 13.8 Å². The molecular weight excluding hydrogens is 464 g/mol. The van der Waals surface area contributed by atoms with Crippen LogP contribution < -0.4 is 15.0 Å². The molecule has 0 spiro atoms. The molecule has 0 atom stereocenters. The highest BCUT2D eigenvalue weighted by Crippen LogP contribution is 2.24. The van der Waals surface area contributed by atoms with Gasteiger partial charge in [-0.3, -0.25) is 9.52 Å². The van der Waals surface area contributed by atoms with E-state index in [0.717, 1.165) is 29.9 Å². The predicted octanol–water partition coefficient (Wildman–Crippen LogP) is 4.42. The number of amides is 1. The summed E-state index contributed by atoms with van der Waals surface area (Å²) in [6, 6.07) is 16.3. The van der Waals surface area contributed by atoms with Crippen molar-refractivity contribution in [3.8, 4) is 5.75 Å². The zero-order chi connectivity index (χ0) is 25.6. The van der Waals surface area contributed by atoms with Crippen LogP contribution in [0.3, 0.4) is 0 Å². The Morgan fingerprint density at radius 1 is 1.03 bits per heavy atom. The van der Waals surface area contributed by atoms with E-state index in [-0.39, 0.29) is 16.2 Å². The number of carbonyl (C=O) groups is 1.